The number of hydrogen-bond donors (Lipinski definition) is 2. The summed E-state index contributed by atoms with van der Waals surface area (Å²) in [6, 6.07) is 4.93. The van der Waals surface area contributed by atoms with E-state index in [9.17, 15) is 14.7 Å². The van der Waals surface area contributed by atoms with Gasteiger partial charge in [0.2, 0.25) is 0 Å². The van der Waals surface area contributed by atoms with Gasteiger partial charge in [-0.1, -0.05) is 29.0 Å². The van der Waals surface area contributed by atoms with E-state index < -0.39 is 5.97 Å². The maximum Gasteiger partial charge on any atom is 0.337 e. The average molecular weight is 449 g/mol. The quantitative estimate of drug-likeness (QED) is 0.681. The van der Waals surface area contributed by atoms with Crippen molar-refractivity contribution >= 4 is 55.9 Å². The standard InChI is InChI=1S/C20H21ClN4O4S/c1-10-8-14(22-17(10)21)18(26)23-12-6-7-25(9-15(12)29-2)20-24-13-5-3-4-11(19(27)28)16(13)30-20/h3-5,12,15H,6-9H2,1-2H3,(H,23,26)(H,27,28)/t12-,15+/m1/s1. The predicted molar refractivity (Wildman–Crippen MR) is 117 cm³/mol. The number of piperidine rings is 1. The van der Waals surface area contributed by atoms with E-state index in [0.717, 1.165) is 10.7 Å². The number of amides is 1. The fourth-order valence-corrected chi connectivity index (χ4v) is 4.97. The Hall–Kier alpha value is -2.49. The molecule has 3 heterocycles. The van der Waals surface area contributed by atoms with Crippen LogP contribution in [0.3, 0.4) is 0 Å². The molecule has 30 heavy (non-hydrogen) atoms. The van der Waals surface area contributed by atoms with Gasteiger partial charge < -0.3 is 20.1 Å². The van der Waals surface area contributed by atoms with Gasteiger partial charge in [0.05, 0.1) is 27.9 Å². The summed E-state index contributed by atoms with van der Waals surface area (Å²) in [6.45, 7) is 3.06. The smallest absolute Gasteiger partial charge is 0.337 e. The third kappa shape index (κ3) is 3.92. The number of aromatic carboxylic acids is 1. The number of aliphatic imine (C=N–C) groups is 1. The second kappa shape index (κ2) is 8.33. The van der Waals surface area contributed by atoms with Crippen LogP contribution in [-0.4, -0.2) is 60.0 Å². The molecule has 2 aliphatic heterocycles. The van der Waals surface area contributed by atoms with Gasteiger partial charge in [-0.05, 0) is 31.1 Å². The number of aromatic nitrogens is 1. The van der Waals surface area contributed by atoms with Crippen molar-refractivity contribution in [2.75, 3.05) is 25.1 Å². The van der Waals surface area contributed by atoms with Crippen LogP contribution >= 0.6 is 22.9 Å². The van der Waals surface area contributed by atoms with E-state index in [1.165, 1.54) is 11.3 Å². The number of nitrogens with zero attached hydrogens (tertiary/aromatic N) is 3. The Bertz CT molecular complexity index is 1080. The Balaban J connectivity index is 1.47. The number of nitrogens with one attached hydrogen (secondary N) is 1. The molecule has 2 aliphatic rings. The van der Waals surface area contributed by atoms with Crippen LogP contribution in [0.25, 0.3) is 10.2 Å². The number of carboxylic acids is 1. The normalized spacial score (nSPS) is 21.8. The van der Waals surface area contributed by atoms with Crippen LogP contribution in [0.4, 0.5) is 5.13 Å². The highest BCUT2D eigenvalue weighted by Gasteiger charge is 2.33. The zero-order chi connectivity index (χ0) is 21.4. The lowest BCUT2D eigenvalue weighted by Crippen LogP contribution is -2.55. The molecule has 0 aliphatic carbocycles. The number of anilines is 1. The minimum atomic E-state index is -0.966. The number of carbonyl (C=O) groups is 2. The number of benzene rings is 1. The van der Waals surface area contributed by atoms with Crippen molar-refractivity contribution in [1.29, 1.82) is 0 Å². The van der Waals surface area contributed by atoms with Crippen molar-refractivity contribution in [1.82, 2.24) is 10.3 Å². The van der Waals surface area contributed by atoms with Crippen molar-refractivity contribution in [2.45, 2.75) is 31.9 Å². The first-order chi connectivity index (χ1) is 14.4. The molecule has 0 unspecified atom stereocenters. The summed E-state index contributed by atoms with van der Waals surface area (Å²) in [5.41, 5.74) is 2.22. The molecule has 0 saturated carbocycles. The highest BCUT2D eigenvalue weighted by Crippen LogP contribution is 2.33. The van der Waals surface area contributed by atoms with Crippen molar-refractivity contribution in [3.05, 3.63) is 34.5 Å². The van der Waals surface area contributed by atoms with E-state index in [-0.39, 0.29) is 23.6 Å². The second-order valence-electron chi connectivity index (χ2n) is 7.35. The summed E-state index contributed by atoms with van der Waals surface area (Å²) in [6.07, 6.45) is 0.887. The number of methoxy groups -OCH3 is 1. The highest BCUT2D eigenvalue weighted by molar-refractivity contribution is 7.22. The molecule has 1 aromatic carbocycles. The van der Waals surface area contributed by atoms with Crippen LogP contribution in [0.5, 0.6) is 0 Å². The number of carboxylic acid groups (broad SMARTS) is 1. The third-order valence-corrected chi connectivity index (χ3v) is 6.94. The number of allylic oxidation sites excluding steroid dienone is 1. The van der Waals surface area contributed by atoms with Crippen molar-refractivity contribution in [2.24, 2.45) is 4.99 Å². The van der Waals surface area contributed by atoms with Gasteiger partial charge >= 0.3 is 5.97 Å². The lowest BCUT2D eigenvalue weighted by molar-refractivity contribution is -0.116. The Labute approximate surface area is 182 Å². The molecule has 10 heteroatoms. The number of fused-ring (bicyclic) bond motifs is 1. The maximum atomic E-state index is 12.6. The van der Waals surface area contributed by atoms with Gasteiger partial charge in [0.1, 0.15) is 10.9 Å². The molecular formula is C20H21ClN4O4S. The van der Waals surface area contributed by atoms with Crippen LogP contribution in [-0.2, 0) is 9.53 Å². The number of carbonyl (C=O) groups excluding carboxylic acids is 1. The molecule has 0 bridgehead atoms. The van der Waals surface area contributed by atoms with Crippen molar-refractivity contribution in [3.63, 3.8) is 0 Å². The molecule has 2 atom stereocenters. The third-order valence-electron chi connectivity index (χ3n) is 5.36. The van der Waals surface area contributed by atoms with E-state index >= 15 is 0 Å². The summed E-state index contributed by atoms with van der Waals surface area (Å²) >= 11 is 7.35. The predicted octanol–water partition coefficient (Wildman–Crippen LogP) is 3.02. The summed E-state index contributed by atoms with van der Waals surface area (Å²) in [4.78, 5) is 34.9. The van der Waals surface area contributed by atoms with E-state index in [1.807, 2.05) is 13.0 Å². The van der Waals surface area contributed by atoms with Gasteiger partial charge in [-0.3, -0.25) is 4.79 Å². The molecule has 0 spiro atoms. The zero-order valence-electron chi connectivity index (χ0n) is 16.5. The van der Waals surface area contributed by atoms with E-state index in [1.54, 1.807) is 19.2 Å². The largest absolute Gasteiger partial charge is 0.478 e. The monoisotopic (exact) mass is 448 g/mol. The van der Waals surface area contributed by atoms with Gasteiger partial charge in [-0.15, -0.1) is 0 Å². The van der Waals surface area contributed by atoms with Crippen LogP contribution in [0.1, 0.15) is 30.1 Å². The molecule has 1 fully saturated rings. The topological polar surface area (TPSA) is 104 Å². The van der Waals surface area contributed by atoms with E-state index in [0.29, 0.717) is 47.0 Å². The Morgan fingerprint density at radius 3 is 2.87 bits per heavy atom. The molecule has 4 rings (SSSR count). The number of halogens is 1. The van der Waals surface area contributed by atoms with Crippen LogP contribution in [0.2, 0.25) is 0 Å². The minimum Gasteiger partial charge on any atom is -0.478 e. The highest BCUT2D eigenvalue weighted by atomic mass is 35.5. The minimum absolute atomic E-state index is 0.162. The Kier molecular flexibility index (Phi) is 5.77. The molecule has 1 amide bonds. The maximum absolute atomic E-state index is 12.6. The first-order valence-corrected chi connectivity index (χ1v) is 10.7. The van der Waals surface area contributed by atoms with Crippen molar-refractivity contribution in [3.8, 4) is 0 Å². The average Bonchev–Trinajstić information content (AvgIpc) is 3.31. The van der Waals surface area contributed by atoms with Crippen LogP contribution < -0.4 is 10.2 Å². The number of rotatable bonds is 5. The molecular weight excluding hydrogens is 428 g/mol. The number of thiazole rings is 1. The van der Waals surface area contributed by atoms with Crippen molar-refractivity contribution < 1.29 is 19.4 Å². The molecule has 2 aromatic rings. The molecule has 1 saturated heterocycles. The summed E-state index contributed by atoms with van der Waals surface area (Å²) in [7, 11) is 1.61. The van der Waals surface area contributed by atoms with Crippen LogP contribution in [0.15, 0.2) is 33.9 Å². The summed E-state index contributed by atoms with van der Waals surface area (Å²) < 4.78 is 6.30. The summed E-state index contributed by atoms with van der Waals surface area (Å²) in [5.74, 6) is -1.19. The second-order valence-corrected chi connectivity index (χ2v) is 8.69. The van der Waals surface area contributed by atoms with Gasteiger partial charge in [0.25, 0.3) is 5.91 Å². The Morgan fingerprint density at radius 1 is 1.40 bits per heavy atom. The SMILES string of the molecule is CO[C@H]1CN(c2nc3cccc(C(=O)O)c3s2)CC[C@H]1NC(=O)C1=NC(Cl)=C(C)C1. The molecule has 8 nitrogen and oxygen atoms in total. The number of ether oxygens (including phenoxy) is 1. The lowest BCUT2D eigenvalue weighted by atomic mass is 10.0. The fourth-order valence-electron chi connectivity index (χ4n) is 3.70. The van der Waals surface area contributed by atoms with Gasteiger partial charge in [-0.25, -0.2) is 14.8 Å². The first-order valence-electron chi connectivity index (χ1n) is 9.51. The number of hydrogen-bond acceptors (Lipinski definition) is 7. The zero-order valence-corrected chi connectivity index (χ0v) is 18.1. The summed E-state index contributed by atoms with van der Waals surface area (Å²) in [5, 5.41) is 13.6. The van der Waals surface area contributed by atoms with E-state index in [2.05, 4.69) is 20.2 Å². The molecule has 2 N–H and O–H groups in total. The molecule has 158 valence electrons. The fraction of sp³-hybridized carbons (Fsp3) is 0.400. The molecule has 0 radical (unpaired) electrons. The lowest BCUT2D eigenvalue weighted by Gasteiger charge is -2.37. The van der Waals surface area contributed by atoms with Gasteiger partial charge in [-0.2, -0.15) is 0 Å². The van der Waals surface area contributed by atoms with Crippen LogP contribution in [0, 0.1) is 0 Å². The molecule has 1 aromatic heterocycles. The first kappa shape index (κ1) is 20.8. The van der Waals surface area contributed by atoms with Gasteiger partial charge in [0.15, 0.2) is 5.13 Å². The van der Waals surface area contributed by atoms with E-state index in [4.69, 9.17) is 16.3 Å². The van der Waals surface area contributed by atoms with Gasteiger partial charge in [0, 0.05) is 26.6 Å². The Morgan fingerprint density at radius 2 is 2.20 bits per heavy atom.